The van der Waals surface area contributed by atoms with Crippen LogP contribution < -0.4 is 5.32 Å². The van der Waals surface area contributed by atoms with Crippen molar-refractivity contribution in [2.45, 2.75) is 20.4 Å². The minimum atomic E-state index is 0.530. The average Bonchev–Trinajstić information content (AvgIpc) is 3.20. The maximum Gasteiger partial charge on any atom is 0.103 e. The third kappa shape index (κ3) is 3.66. The summed E-state index contributed by atoms with van der Waals surface area (Å²) in [6.45, 7) is 4.93. The molecule has 0 saturated heterocycles. The number of aromatic nitrogens is 2. The fourth-order valence-electron chi connectivity index (χ4n) is 3.92. The highest BCUT2D eigenvalue weighted by Gasteiger charge is 2.17. The van der Waals surface area contributed by atoms with E-state index in [2.05, 4.69) is 89.7 Å². The van der Waals surface area contributed by atoms with Gasteiger partial charge in [-0.25, -0.2) is 0 Å². The van der Waals surface area contributed by atoms with Crippen LogP contribution in [-0.2, 0) is 6.54 Å². The van der Waals surface area contributed by atoms with Crippen LogP contribution >= 0.6 is 0 Å². The van der Waals surface area contributed by atoms with Gasteiger partial charge in [-0.05, 0) is 68.9 Å². The van der Waals surface area contributed by atoms with Crippen LogP contribution in [0, 0.1) is 25.2 Å². The molecule has 0 spiro atoms. The molecule has 0 unspecified atom stereocenters. The maximum atomic E-state index is 9.80. The predicted molar refractivity (Wildman–Crippen MR) is 123 cm³/mol. The van der Waals surface area contributed by atoms with Crippen molar-refractivity contribution in [1.29, 1.82) is 5.26 Å². The molecule has 150 valence electrons. The molecule has 5 heteroatoms. The standard InChI is InChI=1S/C25H25N5/c1-16-21-10-11-27-23(21)9-8-22(16)29-25-20(13-26)14-28-17(2)24(25)19-7-5-6-18(12-19)15-30(3)4/h5-12,14,27H,15H2,1-4H3,(H,28,29). The summed E-state index contributed by atoms with van der Waals surface area (Å²) < 4.78 is 0. The van der Waals surface area contributed by atoms with Gasteiger partial charge in [0.05, 0.1) is 11.3 Å². The van der Waals surface area contributed by atoms with Crippen molar-refractivity contribution in [2.75, 3.05) is 19.4 Å². The number of benzene rings is 2. The van der Waals surface area contributed by atoms with Gasteiger partial charge in [-0.15, -0.1) is 0 Å². The summed E-state index contributed by atoms with van der Waals surface area (Å²) in [5, 5.41) is 14.5. The van der Waals surface area contributed by atoms with Crippen molar-refractivity contribution >= 4 is 22.3 Å². The van der Waals surface area contributed by atoms with Crippen LogP contribution in [0.4, 0.5) is 11.4 Å². The van der Waals surface area contributed by atoms with Crippen LogP contribution in [0.3, 0.4) is 0 Å². The molecule has 0 atom stereocenters. The number of rotatable bonds is 5. The van der Waals surface area contributed by atoms with E-state index in [1.807, 2.05) is 13.1 Å². The quantitative estimate of drug-likeness (QED) is 0.467. The summed E-state index contributed by atoms with van der Waals surface area (Å²) in [6.07, 6.45) is 3.59. The minimum absolute atomic E-state index is 0.530. The molecule has 2 aromatic carbocycles. The van der Waals surface area contributed by atoms with Crippen molar-refractivity contribution < 1.29 is 0 Å². The molecule has 0 bridgehead atoms. The van der Waals surface area contributed by atoms with Gasteiger partial charge in [-0.3, -0.25) is 4.98 Å². The first-order chi connectivity index (χ1) is 14.5. The molecule has 4 aromatic rings. The van der Waals surface area contributed by atoms with Crippen molar-refractivity contribution in [1.82, 2.24) is 14.9 Å². The largest absolute Gasteiger partial charge is 0.361 e. The Morgan fingerprint density at radius 1 is 1.13 bits per heavy atom. The van der Waals surface area contributed by atoms with Crippen LogP contribution in [-0.4, -0.2) is 29.0 Å². The molecule has 4 rings (SSSR count). The molecule has 0 aliphatic carbocycles. The Balaban J connectivity index is 1.86. The number of aromatic amines is 1. The van der Waals surface area contributed by atoms with E-state index in [4.69, 9.17) is 0 Å². The Morgan fingerprint density at radius 2 is 1.97 bits per heavy atom. The molecule has 0 saturated carbocycles. The number of nitrogens with one attached hydrogen (secondary N) is 2. The van der Waals surface area contributed by atoms with Gasteiger partial charge in [0, 0.05) is 46.8 Å². The van der Waals surface area contributed by atoms with E-state index in [9.17, 15) is 5.26 Å². The monoisotopic (exact) mass is 395 g/mol. The lowest BCUT2D eigenvalue weighted by Gasteiger charge is -2.18. The van der Waals surface area contributed by atoms with Gasteiger partial charge in [-0.1, -0.05) is 18.2 Å². The van der Waals surface area contributed by atoms with E-state index >= 15 is 0 Å². The molecule has 0 radical (unpaired) electrons. The van der Waals surface area contributed by atoms with E-state index in [1.54, 1.807) is 6.20 Å². The Kier molecular flexibility index (Phi) is 5.26. The van der Waals surface area contributed by atoms with E-state index in [1.165, 1.54) is 10.9 Å². The van der Waals surface area contributed by atoms with Gasteiger partial charge < -0.3 is 15.2 Å². The number of nitrogens with zero attached hydrogens (tertiary/aromatic N) is 3. The van der Waals surface area contributed by atoms with Crippen LogP contribution in [0.1, 0.15) is 22.4 Å². The second-order valence-corrected chi connectivity index (χ2v) is 7.86. The third-order valence-corrected chi connectivity index (χ3v) is 5.37. The normalized spacial score (nSPS) is 11.1. The molecule has 0 fully saturated rings. The first-order valence-electron chi connectivity index (χ1n) is 9.95. The van der Waals surface area contributed by atoms with Gasteiger partial charge in [0.2, 0.25) is 0 Å². The van der Waals surface area contributed by atoms with E-state index in [0.717, 1.165) is 45.8 Å². The molecule has 30 heavy (non-hydrogen) atoms. The van der Waals surface area contributed by atoms with Crippen molar-refractivity contribution in [3.8, 4) is 17.2 Å². The number of aryl methyl sites for hydroxylation is 2. The summed E-state index contributed by atoms with van der Waals surface area (Å²) >= 11 is 0. The zero-order valence-corrected chi connectivity index (χ0v) is 17.7. The van der Waals surface area contributed by atoms with Crippen LogP contribution in [0.2, 0.25) is 0 Å². The number of fused-ring (bicyclic) bond motifs is 1. The predicted octanol–water partition coefficient (Wildman–Crippen LogP) is 5.52. The van der Waals surface area contributed by atoms with Gasteiger partial charge in [0.1, 0.15) is 6.07 Å². The number of pyridine rings is 1. The SMILES string of the molecule is Cc1ncc(C#N)c(Nc2ccc3[nH]ccc3c2C)c1-c1cccc(CN(C)C)c1. The van der Waals surface area contributed by atoms with E-state index in [-0.39, 0.29) is 0 Å². The molecule has 5 nitrogen and oxygen atoms in total. The summed E-state index contributed by atoms with van der Waals surface area (Å²) in [7, 11) is 4.12. The second kappa shape index (κ2) is 8.02. The molecule has 2 heterocycles. The smallest absolute Gasteiger partial charge is 0.103 e. The summed E-state index contributed by atoms with van der Waals surface area (Å²) in [4.78, 5) is 9.90. The zero-order chi connectivity index (χ0) is 21.3. The van der Waals surface area contributed by atoms with Crippen LogP contribution in [0.5, 0.6) is 0 Å². The molecule has 2 N–H and O–H groups in total. The van der Waals surface area contributed by atoms with Crippen LogP contribution in [0.15, 0.2) is 54.9 Å². The molecular formula is C25H25N5. The number of hydrogen-bond acceptors (Lipinski definition) is 4. The fraction of sp³-hybridized carbons (Fsp3) is 0.200. The number of anilines is 2. The average molecular weight is 396 g/mol. The highest BCUT2D eigenvalue weighted by molar-refractivity contribution is 5.92. The molecule has 0 aliphatic rings. The Morgan fingerprint density at radius 3 is 2.73 bits per heavy atom. The van der Waals surface area contributed by atoms with Gasteiger partial charge in [-0.2, -0.15) is 5.26 Å². The Bertz CT molecular complexity index is 1260. The van der Waals surface area contributed by atoms with Crippen LogP contribution in [0.25, 0.3) is 22.0 Å². The topological polar surface area (TPSA) is 67.7 Å². The van der Waals surface area contributed by atoms with Gasteiger partial charge in [0.25, 0.3) is 0 Å². The first kappa shape index (κ1) is 19.7. The Hall–Kier alpha value is -3.62. The second-order valence-electron chi connectivity index (χ2n) is 7.86. The molecule has 0 amide bonds. The molecule has 2 aromatic heterocycles. The maximum absolute atomic E-state index is 9.80. The highest BCUT2D eigenvalue weighted by atomic mass is 15.0. The fourth-order valence-corrected chi connectivity index (χ4v) is 3.92. The van der Waals surface area contributed by atoms with Crippen molar-refractivity contribution in [3.63, 3.8) is 0 Å². The number of H-pyrrole nitrogens is 1. The van der Waals surface area contributed by atoms with E-state index in [0.29, 0.717) is 5.56 Å². The highest BCUT2D eigenvalue weighted by Crippen LogP contribution is 2.37. The van der Waals surface area contributed by atoms with E-state index < -0.39 is 0 Å². The Labute approximate surface area is 177 Å². The lowest BCUT2D eigenvalue weighted by atomic mass is 9.97. The van der Waals surface area contributed by atoms with Gasteiger partial charge in [0.15, 0.2) is 0 Å². The van der Waals surface area contributed by atoms with Crippen molar-refractivity contribution in [2.24, 2.45) is 0 Å². The molecule has 0 aliphatic heterocycles. The zero-order valence-electron chi connectivity index (χ0n) is 17.7. The third-order valence-electron chi connectivity index (χ3n) is 5.37. The summed E-state index contributed by atoms with van der Waals surface area (Å²) in [5.41, 5.74) is 8.67. The lowest BCUT2D eigenvalue weighted by Crippen LogP contribution is -2.10. The summed E-state index contributed by atoms with van der Waals surface area (Å²) in [6, 6.07) is 16.9. The minimum Gasteiger partial charge on any atom is -0.361 e. The number of nitriles is 1. The van der Waals surface area contributed by atoms with Gasteiger partial charge >= 0.3 is 0 Å². The van der Waals surface area contributed by atoms with Crippen molar-refractivity contribution in [3.05, 3.63) is 77.2 Å². The number of hydrogen-bond donors (Lipinski definition) is 2. The summed E-state index contributed by atoms with van der Waals surface area (Å²) in [5.74, 6) is 0. The first-order valence-corrected chi connectivity index (χ1v) is 9.95. The molecular weight excluding hydrogens is 370 g/mol. The lowest BCUT2D eigenvalue weighted by molar-refractivity contribution is 0.402.